The lowest BCUT2D eigenvalue weighted by Gasteiger charge is -2.32. The molecule has 134 valence electrons. The van der Waals surface area contributed by atoms with E-state index >= 15 is 0 Å². The van der Waals surface area contributed by atoms with Gasteiger partial charge in [0.1, 0.15) is 0 Å². The molecule has 0 aliphatic heterocycles. The zero-order valence-electron chi connectivity index (χ0n) is 15.2. The highest BCUT2D eigenvalue weighted by molar-refractivity contribution is 7.80. The summed E-state index contributed by atoms with van der Waals surface area (Å²) in [5.74, 6) is 0. The van der Waals surface area contributed by atoms with Crippen LogP contribution in [0.5, 0.6) is 0 Å². The Labute approximate surface area is 160 Å². The van der Waals surface area contributed by atoms with Gasteiger partial charge in [-0.3, -0.25) is 4.98 Å². The molecule has 1 atom stereocenters. The summed E-state index contributed by atoms with van der Waals surface area (Å²) < 4.78 is 0. The first-order chi connectivity index (χ1) is 11.9. The highest BCUT2D eigenvalue weighted by Gasteiger charge is 2.20. The Bertz CT molecular complexity index is 706. The Morgan fingerprint density at radius 1 is 1.32 bits per heavy atom. The van der Waals surface area contributed by atoms with Crippen molar-refractivity contribution >= 4 is 34.6 Å². The fraction of sp³-hybridized carbons (Fsp3) is 0.368. The second-order valence-corrected chi connectivity index (χ2v) is 7.25. The number of nitrogens with one attached hydrogen (secondary N) is 2. The number of hydrogen-bond acceptors (Lipinski definition) is 2. The number of nitrogens with zero attached hydrogens (tertiary/aromatic N) is 2. The first-order valence-electron chi connectivity index (χ1n) is 8.42. The quantitative estimate of drug-likeness (QED) is 0.758. The maximum atomic E-state index is 6.23. The summed E-state index contributed by atoms with van der Waals surface area (Å²) in [6, 6.07) is 9.99. The molecule has 1 aromatic heterocycles. The molecule has 1 heterocycles. The molecule has 0 fully saturated rings. The number of hydrogen-bond donors (Lipinski definition) is 2. The van der Waals surface area contributed by atoms with Crippen molar-refractivity contribution in [1.29, 1.82) is 0 Å². The second kappa shape index (κ2) is 9.13. The summed E-state index contributed by atoms with van der Waals surface area (Å²) in [5.41, 5.74) is 3.08. The van der Waals surface area contributed by atoms with Crippen molar-refractivity contribution in [3.8, 4) is 0 Å². The van der Waals surface area contributed by atoms with E-state index in [1.54, 1.807) is 6.20 Å². The van der Waals surface area contributed by atoms with E-state index in [4.69, 9.17) is 23.8 Å². The number of pyridine rings is 1. The van der Waals surface area contributed by atoms with Crippen LogP contribution in [-0.4, -0.2) is 42.2 Å². The smallest absolute Gasteiger partial charge is 0.174 e. The van der Waals surface area contributed by atoms with Crippen LogP contribution < -0.4 is 10.2 Å². The van der Waals surface area contributed by atoms with Gasteiger partial charge in [-0.15, -0.1) is 0 Å². The summed E-state index contributed by atoms with van der Waals surface area (Å²) in [6.07, 6.45) is 3.68. The minimum atomic E-state index is 0.132. The molecule has 0 saturated carbocycles. The Balaban J connectivity index is 2.21. The fourth-order valence-electron chi connectivity index (χ4n) is 2.55. The van der Waals surface area contributed by atoms with Crippen molar-refractivity contribution in [2.45, 2.75) is 19.9 Å². The monoisotopic (exact) mass is 377 g/mol. The average molecular weight is 378 g/mol. The number of anilines is 1. The molecule has 0 bridgehead atoms. The first-order valence-corrected chi connectivity index (χ1v) is 9.20. The Morgan fingerprint density at radius 2 is 2.08 bits per heavy atom. The lowest BCUT2D eigenvalue weighted by atomic mass is 10.1. The maximum absolute atomic E-state index is 6.23. The third-order valence-corrected chi connectivity index (χ3v) is 5.00. The molecular formula is C19H26ClN4S+. The van der Waals surface area contributed by atoms with Gasteiger partial charge in [0.25, 0.3) is 0 Å². The molecule has 0 amide bonds. The SMILES string of the molecule is Cc1c(Cl)cccc1NC(=S)N(CC[NH+](C)C)C(C)c1cccnc1. The highest BCUT2D eigenvalue weighted by Crippen LogP contribution is 2.25. The van der Waals surface area contributed by atoms with Gasteiger partial charge < -0.3 is 15.1 Å². The van der Waals surface area contributed by atoms with Crippen molar-refractivity contribution in [2.75, 3.05) is 32.5 Å². The number of halogens is 1. The van der Waals surface area contributed by atoms with Gasteiger partial charge in [-0.25, -0.2) is 0 Å². The zero-order chi connectivity index (χ0) is 18.4. The summed E-state index contributed by atoms with van der Waals surface area (Å²) in [6.45, 7) is 5.98. The number of quaternary nitrogens is 1. The molecule has 2 N–H and O–H groups in total. The van der Waals surface area contributed by atoms with E-state index in [0.717, 1.165) is 34.9 Å². The van der Waals surface area contributed by atoms with Crippen LogP contribution in [-0.2, 0) is 0 Å². The van der Waals surface area contributed by atoms with Crippen molar-refractivity contribution in [1.82, 2.24) is 9.88 Å². The van der Waals surface area contributed by atoms with Crippen LogP contribution in [0.1, 0.15) is 24.1 Å². The molecule has 2 rings (SSSR count). The average Bonchev–Trinajstić information content (AvgIpc) is 2.59. The van der Waals surface area contributed by atoms with Crippen LogP contribution in [0.4, 0.5) is 5.69 Å². The highest BCUT2D eigenvalue weighted by atomic mass is 35.5. The normalized spacial score (nSPS) is 12.1. The molecule has 1 unspecified atom stereocenters. The lowest BCUT2D eigenvalue weighted by molar-refractivity contribution is -0.857. The van der Waals surface area contributed by atoms with Crippen molar-refractivity contribution in [2.24, 2.45) is 0 Å². The molecular weight excluding hydrogens is 352 g/mol. The number of thiocarbonyl (C=S) groups is 1. The minimum absolute atomic E-state index is 0.132. The molecule has 0 saturated heterocycles. The second-order valence-electron chi connectivity index (χ2n) is 6.46. The van der Waals surface area contributed by atoms with E-state index in [1.165, 1.54) is 4.90 Å². The van der Waals surface area contributed by atoms with Gasteiger partial charge in [-0.05, 0) is 55.4 Å². The van der Waals surface area contributed by atoms with Gasteiger partial charge in [0.2, 0.25) is 0 Å². The molecule has 4 nitrogen and oxygen atoms in total. The molecule has 0 radical (unpaired) electrons. The summed E-state index contributed by atoms with van der Waals surface area (Å²) in [4.78, 5) is 7.83. The van der Waals surface area contributed by atoms with Crippen LogP contribution in [0.25, 0.3) is 0 Å². The number of likely N-dealkylation sites (N-methyl/N-ethyl adjacent to an activating group) is 1. The van der Waals surface area contributed by atoms with Crippen LogP contribution in [0.3, 0.4) is 0 Å². The van der Waals surface area contributed by atoms with E-state index in [0.29, 0.717) is 5.11 Å². The third kappa shape index (κ3) is 5.39. The fourth-order valence-corrected chi connectivity index (χ4v) is 3.08. The van der Waals surface area contributed by atoms with Crippen molar-refractivity contribution in [3.05, 3.63) is 58.9 Å². The van der Waals surface area contributed by atoms with Crippen LogP contribution in [0.15, 0.2) is 42.7 Å². The number of rotatable bonds is 6. The molecule has 0 aliphatic carbocycles. The summed E-state index contributed by atoms with van der Waals surface area (Å²) >= 11 is 12.0. The largest absolute Gasteiger partial charge is 0.338 e. The topological polar surface area (TPSA) is 32.6 Å². The van der Waals surface area contributed by atoms with Gasteiger partial charge in [-0.1, -0.05) is 23.7 Å². The molecule has 25 heavy (non-hydrogen) atoms. The molecule has 0 spiro atoms. The van der Waals surface area contributed by atoms with E-state index in [2.05, 4.69) is 42.3 Å². The molecule has 0 aliphatic rings. The number of aromatic nitrogens is 1. The van der Waals surface area contributed by atoms with Crippen LogP contribution in [0.2, 0.25) is 5.02 Å². The van der Waals surface area contributed by atoms with Crippen molar-refractivity contribution < 1.29 is 4.90 Å². The van der Waals surface area contributed by atoms with Gasteiger partial charge in [0.15, 0.2) is 5.11 Å². The third-order valence-electron chi connectivity index (χ3n) is 4.26. The van der Waals surface area contributed by atoms with E-state index < -0.39 is 0 Å². The van der Waals surface area contributed by atoms with Gasteiger partial charge >= 0.3 is 0 Å². The van der Waals surface area contributed by atoms with Gasteiger partial charge in [-0.2, -0.15) is 0 Å². The summed E-state index contributed by atoms with van der Waals surface area (Å²) in [7, 11) is 4.29. The number of benzene rings is 1. The molecule has 6 heteroatoms. The Morgan fingerprint density at radius 3 is 2.72 bits per heavy atom. The predicted octanol–water partition coefficient (Wildman–Crippen LogP) is 2.95. The summed E-state index contributed by atoms with van der Waals surface area (Å²) in [5, 5.41) is 4.80. The first kappa shape index (κ1) is 19.6. The predicted molar refractivity (Wildman–Crippen MR) is 109 cm³/mol. The molecule has 2 aromatic rings. The van der Waals surface area contributed by atoms with Crippen LogP contribution >= 0.6 is 23.8 Å². The Hall–Kier alpha value is -1.69. The Kier molecular flexibility index (Phi) is 7.17. The minimum Gasteiger partial charge on any atom is -0.338 e. The zero-order valence-corrected chi connectivity index (χ0v) is 16.8. The lowest BCUT2D eigenvalue weighted by Crippen LogP contribution is -3.06. The van der Waals surface area contributed by atoms with E-state index in [-0.39, 0.29) is 6.04 Å². The van der Waals surface area contributed by atoms with Crippen LogP contribution in [0, 0.1) is 6.92 Å². The van der Waals surface area contributed by atoms with Gasteiger partial charge in [0.05, 0.1) is 33.2 Å². The van der Waals surface area contributed by atoms with Crippen molar-refractivity contribution in [3.63, 3.8) is 0 Å². The molecule has 1 aromatic carbocycles. The van der Waals surface area contributed by atoms with E-state index in [1.807, 2.05) is 37.4 Å². The standard InChI is InChI=1S/C19H25ClN4S/c1-14-17(20)8-5-9-18(14)22-19(25)24(12-11-23(3)4)15(2)16-7-6-10-21-13-16/h5-10,13,15H,11-12H2,1-4H3,(H,22,25)/p+1. The maximum Gasteiger partial charge on any atom is 0.174 e. The van der Waals surface area contributed by atoms with E-state index in [9.17, 15) is 0 Å². The van der Waals surface area contributed by atoms with Gasteiger partial charge in [0, 0.05) is 23.1 Å².